The van der Waals surface area contributed by atoms with Crippen LogP contribution in [0.4, 0.5) is 0 Å². The van der Waals surface area contributed by atoms with E-state index in [9.17, 15) is 0 Å². The van der Waals surface area contributed by atoms with Crippen LogP contribution >= 0.6 is 11.1 Å². The molecule has 0 aliphatic rings. The van der Waals surface area contributed by atoms with Crippen molar-refractivity contribution >= 4 is 34.9 Å². The van der Waals surface area contributed by atoms with Gasteiger partial charge in [0.1, 0.15) is 0 Å². The van der Waals surface area contributed by atoms with Gasteiger partial charge >= 0.3 is 7.87 Å². The number of hydrogen-bond acceptors (Lipinski definition) is 2. The van der Waals surface area contributed by atoms with Gasteiger partial charge in [-0.05, 0) is 24.6 Å². The van der Waals surface area contributed by atoms with E-state index in [1.807, 2.05) is 38.1 Å². The molecular formula is C14H17ClO2Si. The summed E-state index contributed by atoms with van der Waals surface area (Å²) < 4.78 is 11.5. The van der Waals surface area contributed by atoms with Crippen molar-refractivity contribution in [2.24, 2.45) is 0 Å². The molecule has 0 unspecified atom stereocenters. The van der Waals surface area contributed by atoms with Crippen molar-refractivity contribution in [1.82, 2.24) is 0 Å². The number of fused-ring (bicyclic) bond motifs is 1. The summed E-state index contributed by atoms with van der Waals surface area (Å²) in [4.78, 5) is 0. The second kappa shape index (κ2) is 5.84. The molecular weight excluding hydrogens is 264 g/mol. The van der Waals surface area contributed by atoms with Gasteiger partial charge in [-0.15, -0.1) is 0 Å². The quantitative estimate of drug-likeness (QED) is 0.618. The Labute approximate surface area is 113 Å². The maximum Gasteiger partial charge on any atom is 0.478 e. The van der Waals surface area contributed by atoms with E-state index in [-0.39, 0.29) is 0 Å². The SMILES string of the molecule is CCO[Si](Cl)(OCC)c1cccc2ccccc12. The molecule has 96 valence electrons. The minimum absolute atomic E-state index is 0.555. The van der Waals surface area contributed by atoms with E-state index in [2.05, 4.69) is 18.2 Å². The van der Waals surface area contributed by atoms with Crippen LogP contribution in [-0.4, -0.2) is 21.1 Å². The highest BCUT2D eigenvalue weighted by Crippen LogP contribution is 2.20. The molecule has 0 fully saturated rings. The molecule has 0 atom stereocenters. The summed E-state index contributed by atoms with van der Waals surface area (Å²) in [6.45, 7) is 4.99. The summed E-state index contributed by atoms with van der Waals surface area (Å²) >= 11 is 6.64. The highest BCUT2D eigenvalue weighted by Gasteiger charge is 2.39. The van der Waals surface area contributed by atoms with Gasteiger partial charge < -0.3 is 8.85 Å². The molecule has 18 heavy (non-hydrogen) atoms. The Morgan fingerprint density at radius 2 is 1.56 bits per heavy atom. The van der Waals surface area contributed by atoms with Gasteiger partial charge in [0.25, 0.3) is 0 Å². The first-order valence-electron chi connectivity index (χ1n) is 6.16. The van der Waals surface area contributed by atoms with Crippen LogP contribution in [0.1, 0.15) is 13.8 Å². The van der Waals surface area contributed by atoms with Crippen LogP contribution < -0.4 is 5.19 Å². The molecule has 0 aliphatic carbocycles. The fraction of sp³-hybridized carbons (Fsp3) is 0.286. The summed E-state index contributed by atoms with van der Waals surface area (Å²) in [5.41, 5.74) is 0. The van der Waals surface area contributed by atoms with Crippen molar-refractivity contribution in [1.29, 1.82) is 0 Å². The summed E-state index contributed by atoms with van der Waals surface area (Å²) in [7, 11) is -2.82. The van der Waals surface area contributed by atoms with Gasteiger partial charge in [0.15, 0.2) is 0 Å². The van der Waals surface area contributed by atoms with Crippen LogP contribution in [0.5, 0.6) is 0 Å². The lowest BCUT2D eigenvalue weighted by Crippen LogP contribution is -2.49. The Bertz CT molecular complexity index is 519. The number of benzene rings is 2. The van der Waals surface area contributed by atoms with Crippen molar-refractivity contribution in [2.45, 2.75) is 13.8 Å². The normalized spacial score (nSPS) is 11.9. The van der Waals surface area contributed by atoms with Crippen LogP contribution in [0.2, 0.25) is 0 Å². The molecule has 2 aromatic rings. The fourth-order valence-electron chi connectivity index (χ4n) is 2.05. The molecule has 0 bridgehead atoms. The maximum atomic E-state index is 6.64. The largest absolute Gasteiger partial charge is 0.478 e. The first-order valence-corrected chi connectivity index (χ1v) is 8.99. The topological polar surface area (TPSA) is 18.5 Å². The molecule has 2 rings (SSSR count). The molecule has 2 nitrogen and oxygen atoms in total. The highest BCUT2D eigenvalue weighted by molar-refractivity contribution is 7.21. The summed E-state index contributed by atoms with van der Waals surface area (Å²) in [5, 5.41) is 3.27. The van der Waals surface area contributed by atoms with Gasteiger partial charge in [0.2, 0.25) is 0 Å². The lowest BCUT2D eigenvalue weighted by molar-refractivity contribution is 0.216. The molecule has 0 aliphatic heterocycles. The Hall–Kier alpha value is -0.873. The Kier molecular flexibility index (Phi) is 4.40. The van der Waals surface area contributed by atoms with Crippen LogP contribution in [0.3, 0.4) is 0 Å². The van der Waals surface area contributed by atoms with Crippen molar-refractivity contribution in [3.8, 4) is 0 Å². The highest BCUT2D eigenvalue weighted by atomic mass is 35.6. The fourth-order valence-corrected chi connectivity index (χ4v) is 5.18. The molecule has 0 amide bonds. The smallest absolute Gasteiger partial charge is 0.380 e. The van der Waals surface area contributed by atoms with Crippen molar-refractivity contribution in [2.75, 3.05) is 13.2 Å². The Morgan fingerprint density at radius 1 is 0.944 bits per heavy atom. The molecule has 0 spiro atoms. The van der Waals surface area contributed by atoms with Crippen LogP contribution in [0.15, 0.2) is 42.5 Å². The zero-order valence-corrected chi connectivity index (χ0v) is 12.4. The molecule has 0 aromatic heterocycles. The molecule has 0 saturated heterocycles. The van der Waals surface area contributed by atoms with Crippen molar-refractivity contribution in [3.63, 3.8) is 0 Å². The van der Waals surface area contributed by atoms with Crippen molar-refractivity contribution < 1.29 is 8.85 Å². The predicted octanol–water partition coefficient (Wildman–Crippen LogP) is 3.30. The number of halogens is 1. The van der Waals surface area contributed by atoms with E-state index in [1.165, 1.54) is 0 Å². The maximum absolute atomic E-state index is 6.64. The van der Waals surface area contributed by atoms with Gasteiger partial charge in [-0.25, -0.2) is 0 Å². The summed E-state index contributed by atoms with van der Waals surface area (Å²) in [5.74, 6) is 0. The minimum Gasteiger partial charge on any atom is -0.380 e. The van der Waals surface area contributed by atoms with E-state index in [1.54, 1.807) is 0 Å². The third-order valence-corrected chi connectivity index (χ3v) is 6.44. The molecule has 4 heteroatoms. The van der Waals surface area contributed by atoms with Gasteiger partial charge in [-0.3, -0.25) is 0 Å². The second-order valence-electron chi connectivity index (χ2n) is 3.93. The first kappa shape index (κ1) is 13.6. The summed E-state index contributed by atoms with van der Waals surface area (Å²) in [6, 6.07) is 14.2. The van der Waals surface area contributed by atoms with Crippen LogP contribution in [0, 0.1) is 0 Å². The molecule has 2 aromatic carbocycles. The van der Waals surface area contributed by atoms with Crippen LogP contribution in [0.25, 0.3) is 10.8 Å². The monoisotopic (exact) mass is 280 g/mol. The zero-order chi connectivity index (χ0) is 13.0. The Balaban J connectivity index is 2.56. The van der Waals surface area contributed by atoms with E-state index < -0.39 is 7.87 Å². The first-order chi connectivity index (χ1) is 8.71. The van der Waals surface area contributed by atoms with Crippen molar-refractivity contribution in [3.05, 3.63) is 42.5 Å². The standard InChI is InChI=1S/C14H17ClO2Si/c1-3-16-18(15,17-4-2)14-11-7-9-12-8-5-6-10-13(12)14/h5-11H,3-4H2,1-2H3. The molecule has 0 N–H and O–H groups in total. The lowest BCUT2D eigenvalue weighted by atomic mass is 10.1. The predicted molar refractivity (Wildman–Crippen MR) is 78.4 cm³/mol. The third kappa shape index (κ3) is 2.59. The average Bonchev–Trinajstić information content (AvgIpc) is 2.38. The van der Waals surface area contributed by atoms with Gasteiger partial charge in [0.05, 0.1) is 0 Å². The van der Waals surface area contributed by atoms with E-state index in [0.717, 1.165) is 16.0 Å². The Morgan fingerprint density at radius 3 is 2.22 bits per heavy atom. The molecule has 0 heterocycles. The van der Waals surface area contributed by atoms with E-state index in [0.29, 0.717) is 13.2 Å². The molecule has 0 radical (unpaired) electrons. The van der Waals surface area contributed by atoms with Gasteiger partial charge in [0, 0.05) is 18.4 Å². The van der Waals surface area contributed by atoms with E-state index in [4.69, 9.17) is 19.9 Å². The third-order valence-electron chi connectivity index (χ3n) is 2.77. The van der Waals surface area contributed by atoms with E-state index >= 15 is 0 Å². The lowest BCUT2D eigenvalue weighted by Gasteiger charge is -2.24. The number of rotatable bonds is 5. The molecule has 0 saturated carbocycles. The minimum atomic E-state index is -2.82. The van der Waals surface area contributed by atoms with Crippen LogP contribution in [-0.2, 0) is 8.85 Å². The number of hydrogen-bond donors (Lipinski definition) is 0. The van der Waals surface area contributed by atoms with Gasteiger partial charge in [-0.1, -0.05) is 53.5 Å². The summed E-state index contributed by atoms with van der Waals surface area (Å²) in [6.07, 6.45) is 0. The van der Waals surface area contributed by atoms with Gasteiger partial charge in [-0.2, -0.15) is 0 Å². The zero-order valence-electron chi connectivity index (χ0n) is 10.7. The second-order valence-corrected chi connectivity index (χ2v) is 7.61. The average molecular weight is 281 g/mol.